The van der Waals surface area contributed by atoms with E-state index >= 15 is 0 Å². The van der Waals surface area contributed by atoms with Crippen molar-refractivity contribution in [3.63, 3.8) is 0 Å². The number of carbonyl (C=O) groups is 3. The van der Waals surface area contributed by atoms with Crippen molar-refractivity contribution < 1.29 is 37.8 Å². The molecule has 0 amide bonds. The number of aliphatic carboxylic acids is 2. The molecule has 146 valence electrons. The van der Waals surface area contributed by atoms with Crippen molar-refractivity contribution in [2.45, 2.75) is 6.18 Å². The van der Waals surface area contributed by atoms with Crippen LogP contribution in [0.5, 0.6) is 0 Å². The van der Waals surface area contributed by atoms with E-state index in [0.29, 0.717) is 5.56 Å². The quantitative estimate of drug-likeness (QED) is 0.593. The molecule has 2 N–H and O–H groups in total. The fourth-order valence-electron chi connectivity index (χ4n) is 1.66. The zero-order valence-corrected chi connectivity index (χ0v) is 14.1. The van der Waals surface area contributed by atoms with Crippen LogP contribution in [0.4, 0.5) is 13.2 Å². The van der Waals surface area contributed by atoms with Gasteiger partial charge in [0.05, 0.1) is 0 Å². The van der Waals surface area contributed by atoms with Crippen molar-refractivity contribution in [2.75, 3.05) is 0 Å². The normalized spacial score (nSPS) is 11.1. The molecular formula is C19H14F3NO5. The number of aromatic nitrogens is 1. The third-order valence-corrected chi connectivity index (χ3v) is 2.97. The van der Waals surface area contributed by atoms with Crippen LogP contribution in [-0.2, 0) is 9.59 Å². The number of carbonyl (C=O) groups excluding carboxylic acids is 1. The van der Waals surface area contributed by atoms with Crippen LogP contribution < -0.4 is 0 Å². The number of ketones is 1. The van der Waals surface area contributed by atoms with Gasteiger partial charge in [0.1, 0.15) is 0 Å². The molecule has 0 saturated heterocycles. The lowest BCUT2D eigenvalue weighted by Gasteiger charge is -1.96. The first kappa shape index (κ1) is 22.3. The summed E-state index contributed by atoms with van der Waals surface area (Å²) in [5.41, 5.74) is 2.18. The van der Waals surface area contributed by atoms with Gasteiger partial charge in [-0.05, 0) is 35.4 Å². The third-order valence-electron chi connectivity index (χ3n) is 2.97. The van der Waals surface area contributed by atoms with E-state index in [4.69, 9.17) is 15.0 Å². The summed E-state index contributed by atoms with van der Waals surface area (Å²) in [6.07, 6.45) is 3.84. The third kappa shape index (κ3) is 8.56. The van der Waals surface area contributed by atoms with E-state index in [1.54, 1.807) is 36.5 Å². The van der Waals surface area contributed by atoms with Crippen LogP contribution >= 0.6 is 0 Å². The standard InChI is InChI=1S/C17H13NO3.C2HF3O2/c19-16(15-2-1-11-18-12-15)9-7-13-3-5-14(6-4-13)8-10-17(20)21;3-2(4,5)1(6)7/h1-12H,(H,20,21);(H,6,7). The zero-order valence-electron chi connectivity index (χ0n) is 14.1. The molecule has 2 rings (SSSR count). The summed E-state index contributed by atoms with van der Waals surface area (Å²) >= 11 is 0. The van der Waals surface area contributed by atoms with Crippen LogP contribution in [0.1, 0.15) is 21.5 Å². The van der Waals surface area contributed by atoms with E-state index in [1.807, 2.05) is 12.1 Å². The van der Waals surface area contributed by atoms with Crippen LogP contribution in [0.25, 0.3) is 12.2 Å². The van der Waals surface area contributed by atoms with Gasteiger partial charge in [-0.15, -0.1) is 0 Å². The first-order valence-corrected chi connectivity index (χ1v) is 7.53. The number of halogens is 3. The molecule has 28 heavy (non-hydrogen) atoms. The number of hydrogen-bond donors (Lipinski definition) is 2. The van der Waals surface area contributed by atoms with Crippen LogP contribution in [-0.4, -0.2) is 39.1 Å². The number of carboxylic acid groups (broad SMARTS) is 2. The molecule has 0 aliphatic rings. The fourth-order valence-corrected chi connectivity index (χ4v) is 1.66. The monoisotopic (exact) mass is 393 g/mol. The van der Waals surface area contributed by atoms with Gasteiger partial charge >= 0.3 is 18.1 Å². The summed E-state index contributed by atoms with van der Waals surface area (Å²) in [6, 6.07) is 10.6. The summed E-state index contributed by atoms with van der Waals surface area (Å²) < 4.78 is 31.7. The number of nitrogens with zero attached hydrogens (tertiary/aromatic N) is 1. The predicted octanol–water partition coefficient (Wildman–Crippen LogP) is 3.71. The summed E-state index contributed by atoms with van der Waals surface area (Å²) in [7, 11) is 0. The van der Waals surface area contributed by atoms with Gasteiger partial charge in [-0.1, -0.05) is 30.3 Å². The molecule has 6 nitrogen and oxygen atoms in total. The van der Waals surface area contributed by atoms with E-state index < -0.39 is 18.1 Å². The number of hydrogen-bond acceptors (Lipinski definition) is 4. The number of pyridine rings is 1. The van der Waals surface area contributed by atoms with E-state index in [1.165, 1.54) is 18.3 Å². The van der Waals surface area contributed by atoms with Gasteiger partial charge in [0.15, 0.2) is 5.78 Å². The Morgan fingerprint density at radius 3 is 1.79 bits per heavy atom. The lowest BCUT2D eigenvalue weighted by Crippen LogP contribution is -2.21. The number of alkyl halides is 3. The average molecular weight is 393 g/mol. The van der Waals surface area contributed by atoms with E-state index in [0.717, 1.165) is 17.2 Å². The molecule has 0 spiro atoms. The molecule has 0 unspecified atom stereocenters. The summed E-state index contributed by atoms with van der Waals surface area (Å²) in [6.45, 7) is 0. The number of benzene rings is 1. The van der Waals surface area contributed by atoms with Gasteiger partial charge in [0.25, 0.3) is 0 Å². The first-order chi connectivity index (χ1) is 13.1. The Kier molecular flexibility index (Phi) is 8.29. The largest absolute Gasteiger partial charge is 0.490 e. The lowest BCUT2D eigenvalue weighted by molar-refractivity contribution is -0.192. The Hall–Kier alpha value is -3.75. The number of rotatable bonds is 5. The van der Waals surface area contributed by atoms with Crippen molar-refractivity contribution in [3.8, 4) is 0 Å². The van der Waals surface area contributed by atoms with Gasteiger partial charge in [-0.2, -0.15) is 13.2 Å². The molecule has 0 radical (unpaired) electrons. The second-order valence-electron chi connectivity index (χ2n) is 5.08. The Labute approximate surface area is 157 Å². The highest BCUT2D eigenvalue weighted by molar-refractivity contribution is 6.06. The zero-order chi connectivity index (χ0) is 21.2. The Morgan fingerprint density at radius 2 is 1.39 bits per heavy atom. The van der Waals surface area contributed by atoms with Crippen LogP contribution in [0, 0.1) is 0 Å². The first-order valence-electron chi connectivity index (χ1n) is 7.53. The Morgan fingerprint density at radius 1 is 0.893 bits per heavy atom. The molecular weight excluding hydrogens is 379 g/mol. The van der Waals surface area contributed by atoms with E-state index in [-0.39, 0.29) is 5.78 Å². The van der Waals surface area contributed by atoms with Crippen molar-refractivity contribution in [3.05, 3.63) is 77.6 Å². The number of allylic oxidation sites excluding steroid dienone is 1. The summed E-state index contributed by atoms with van der Waals surface area (Å²) in [5.74, 6) is -3.86. The second-order valence-corrected chi connectivity index (χ2v) is 5.08. The van der Waals surface area contributed by atoms with Crippen molar-refractivity contribution in [1.29, 1.82) is 0 Å². The SMILES string of the molecule is O=C(O)C(F)(F)F.O=C(O)C=Cc1ccc(C=CC(=O)c2cccnc2)cc1. The van der Waals surface area contributed by atoms with Gasteiger partial charge in [0.2, 0.25) is 0 Å². The molecule has 0 aliphatic carbocycles. The molecule has 0 bridgehead atoms. The van der Waals surface area contributed by atoms with Gasteiger partial charge in [-0.3, -0.25) is 9.78 Å². The molecule has 2 aromatic rings. The number of carboxylic acids is 2. The average Bonchev–Trinajstić information content (AvgIpc) is 2.65. The topological polar surface area (TPSA) is 105 Å². The van der Waals surface area contributed by atoms with E-state index in [9.17, 15) is 22.8 Å². The predicted molar refractivity (Wildman–Crippen MR) is 94.4 cm³/mol. The van der Waals surface area contributed by atoms with Gasteiger partial charge < -0.3 is 10.2 Å². The molecule has 0 aliphatic heterocycles. The maximum atomic E-state index is 11.9. The molecule has 0 saturated carbocycles. The van der Waals surface area contributed by atoms with Gasteiger partial charge in [-0.25, -0.2) is 9.59 Å². The highest BCUT2D eigenvalue weighted by atomic mass is 19.4. The fraction of sp³-hybridized carbons (Fsp3) is 0.0526. The van der Waals surface area contributed by atoms with E-state index in [2.05, 4.69) is 4.98 Å². The minimum absolute atomic E-state index is 0.113. The molecule has 9 heteroatoms. The van der Waals surface area contributed by atoms with Crippen LogP contribution in [0.3, 0.4) is 0 Å². The Bertz CT molecular complexity index is 873. The smallest absolute Gasteiger partial charge is 0.478 e. The van der Waals surface area contributed by atoms with Crippen LogP contribution in [0.15, 0.2) is 60.9 Å². The van der Waals surface area contributed by atoms with Crippen molar-refractivity contribution in [2.24, 2.45) is 0 Å². The minimum atomic E-state index is -5.08. The maximum absolute atomic E-state index is 11.9. The molecule has 0 fully saturated rings. The highest BCUT2D eigenvalue weighted by Crippen LogP contribution is 2.13. The van der Waals surface area contributed by atoms with Crippen LogP contribution in [0.2, 0.25) is 0 Å². The summed E-state index contributed by atoms with van der Waals surface area (Å²) in [5, 5.41) is 15.7. The molecule has 1 aromatic carbocycles. The highest BCUT2D eigenvalue weighted by Gasteiger charge is 2.38. The minimum Gasteiger partial charge on any atom is -0.478 e. The van der Waals surface area contributed by atoms with Crippen molar-refractivity contribution in [1.82, 2.24) is 4.98 Å². The Balaban J connectivity index is 0.000000480. The van der Waals surface area contributed by atoms with Gasteiger partial charge in [0, 0.05) is 24.0 Å². The maximum Gasteiger partial charge on any atom is 0.490 e. The molecule has 0 atom stereocenters. The molecule has 1 heterocycles. The summed E-state index contributed by atoms with van der Waals surface area (Å²) in [4.78, 5) is 35.1. The second kappa shape index (κ2) is 10.4. The lowest BCUT2D eigenvalue weighted by atomic mass is 10.1. The molecule has 1 aromatic heterocycles. The van der Waals surface area contributed by atoms with Crippen molar-refractivity contribution >= 4 is 29.9 Å².